The molecule has 1 spiro atoms. The number of likely N-dealkylation sites (tertiary alicyclic amines) is 1. The minimum atomic E-state index is -5.17. The van der Waals surface area contributed by atoms with E-state index in [-0.39, 0.29) is 32.0 Å². The third-order valence-corrected chi connectivity index (χ3v) is 6.41. The first-order valence-electron chi connectivity index (χ1n) is 11.5. The number of carbonyl (C=O) groups is 3. The number of halogens is 6. The van der Waals surface area contributed by atoms with E-state index in [9.17, 15) is 40.7 Å². The van der Waals surface area contributed by atoms with Gasteiger partial charge in [0.25, 0.3) is 0 Å². The molecule has 1 saturated heterocycles. The van der Waals surface area contributed by atoms with Crippen molar-refractivity contribution in [3.8, 4) is 5.75 Å². The molecule has 8 nitrogen and oxygen atoms in total. The number of nitrogens with one attached hydrogen (secondary N) is 2. The number of piperidine rings is 1. The Balaban J connectivity index is 1.43. The molecule has 1 fully saturated rings. The van der Waals surface area contributed by atoms with Gasteiger partial charge in [0, 0.05) is 43.6 Å². The molecule has 0 aromatic heterocycles. The standard InChI is InChI=1S/C25H21F6N3O5/c1-38-15-3-5-18-16(13-15)23(39-22(37)33-18)8-10-34(11-9-23)21(36)7-6-20(35)32-19-4-2-14(24(26,27)28)12-17(19)25(29,30)31/h2-7,12-13H,8-11H2,1H3,(H,32,35)(H,33,37). The Labute approximate surface area is 217 Å². The highest BCUT2D eigenvalue weighted by molar-refractivity contribution is 6.04. The van der Waals surface area contributed by atoms with Gasteiger partial charge >= 0.3 is 18.4 Å². The smallest absolute Gasteiger partial charge is 0.418 e. The van der Waals surface area contributed by atoms with Gasteiger partial charge in [0.2, 0.25) is 11.8 Å². The number of alkyl halides is 6. The molecule has 0 aliphatic carbocycles. The van der Waals surface area contributed by atoms with Crippen molar-refractivity contribution in [1.29, 1.82) is 0 Å². The number of anilines is 2. The molecule has 208 valence electrons. The summed E-state index contributed by atoms with van der Waals surface area (Å²) in [6.07, 6.45) is -8.84. The third kappa shape index (κ3) is 5.94. The number of fused-ring (bicyclic) bond motifs is 2. The summed E-state index contributed by atoms with van der Waals surface area (Å²) in [5, 5.41) is 4.48. The van der Waals surface area contributed by atoms with Crippen molar-refractivity contribution in [2.24, 2.45) is 0 Å². The highest BCUT2D eigenvalue weighted by atomic mass is 19.4. The van der Waals surface area contributed by atoms with E-state index < -0.39 is 52.7 Å². The van der Waals surface area contributed by atoms with Crippen molar-refractivity contribution in [2.45, 2.75) is 30.8 Å². The maximum atomic E-state index is 13.3. The van der Waals surface area contributed by atoms with Crippen LogP contribution in [0.15, 0.2) is 48.6 Å². The van der Waals surface area contributed by atoms with Crippen LogP contribution in [0, 0.1) is 0 Å². The molecule has 39 heavy (non-hydrogen) atoms. The average molecular weight is 557 g/mol. The lowest BCUT2D eigenvalue weighted by Gasteiger charge is -2.44. The Morgan fingerprint density at radius 2 is 1.72 bits per heavy atom. The van der Waals surface area contributed by atoms with Gasteiger partial charge in [0.05, 0.1) is 29.6 Å². The highest BCUT2D eigenvalue weighted by Crippen LogP contribution is 2.45. The summed E-state index contributed by atoms with van der Waals surface area (Å²) in [6, 6.07) is 5.88. The van der Waals surface area contributed by atoms with Crippen molar-refractivity contribution >= 4 is 29.3 Å². The zero-order valence-electron chi connectivity index (χ0n) is 20.2. The Morgan fingerprint density at radius 1 is 1.03 bits per heavy atom. The first kappa shape index (κ1) is 27.8. The molecule has 2 aliphatic heterocycles. The monoisotopic (exact) mass is 557 g/mol. The normalized spacial score (nSPS) is 16.9. The van der Waals surface area contributed by atoms with Gasteiger partial charge in [-0.3, -0.25) is 14.9 Å². The number of rotatable bonds is 4. The lowest BCUT2D eigenvalue weighted by molar-refractivity contribution is -0.142. The SMILES string of the molecule is COc1ccc2c(c1)C1(CCN(C(=O)C=CC(=O)Nc3ccc(C(F)(F)F)cc3C(F)(F)F)CC1)OC(=O)N2. The van der Waals surface area contributed by atoms with Gasteiger partial charge in [-0.25, -0.2) is 4.79 Å². The zero-order chi connectivity index (χ0) is 28.6. The van der Waals surface area contributed by atoms with E-state index in [2.05, 4.69) is 5.32 Å². The van der Waals surface area contributed by atoms with E-state index in [1.807, 2.05) is 5.32 Å². The second-order valence-electron chi connectivity index (χ2n) is 8.82. The van der Waals surface area contributed by atoms with Crippen molar-refractivity contribution in [3.63, 3.8) is 0 Å². The van der Waals surface area contributed by atoms with Crippen LogP contribution in [0.4, 0.5) is 42.5 Å². The van der Waals surface area contributed by atoms with Crippen molar-refractivity contribution in [2.75, 3.05) is 30.8 Å². The minimum absolute atomic E-state index is 0.102. The molecule has 2 N–H and O–H groups in total. The van der Waals surface area contributed by atoms with E-state index in [1.165, 1.54) is 12.0 Å². The number of benzene rings is 2. The van der Waals surface area contributed by atoms with Crippen molar-refractivity contribution in [3.05, 3.63) is 65.2 Å². The van der Waals surface area contributed by atoms with Crippen LogP contribution in [0.5, 0.6) is 5.75 Å². The Bertz CT molecular complexity index is 1330. The first-order valence-corrected chi connectivity index (χ1v) is 11.5. The van der Waals surface area contributed by atoms with Crippen LogP contribution < -0.4 is 15.4 Å². The van der Waals surface area contributed by atoms with Gasteiger partial charge in [-0.2, -0.15) is 26.3 Å². The molecule has 0 bridgehead atoms. The highest BCUT2D eigenvalue weighted by Gasteiger charge is 2.45. The topological polar surface area (TPSA) is 97.0 Å². The molecular formula is C25H21F6N3O5. The van der Waals surface area contributed by atoms with Crippen LogP contribution in [0.2, 0.25) is 0 Å². The van der Waals surface area contributed by atoms with E-state index >= 15 is 0 Å². The number of methoxy groups -OCH3 is 1. The zero-order valence-corrected chi connectivity index (χ0v) is 20.2. The van der Waals surface area contributed by atoms with Gasteiger partial charge in [-0.1, -0.05) is 0 Å². The second kappa shape index (κ2) is 10.2. The Morgan fingerprint density at radius 3 is 2.33 bits per heavy atom. The fourth-order valence-electron chi connectivity index (χ4n) is 4.45. The summed E-state index contributed by atoms with van der Waals surface area (Å²) in [5.41, 5.74) is -3.88. The van der Waals surface area contributed by atoms with Crippen LogP contribution >= 0.6 is 0 Å². The summed E-state index contributed by atoms with van der Waals surface area (Å²) < 4.78 is 89.3. The minimum Gasteiger partial charge on any atom is -0.497 e. The summed E-state index contributed by atoms with van der Waals surface area (Å²) in [7, 11) is 1.49. The Kier molecular flexibility index (Phi) is 7.23. The van der Waals surface area contributed by atoms with Gasteiger partial charge in [0.1, 0.15) is 11.4 Å². The molecule has 3 amide bonds. The molecule has 0 radical (unpaired) electrons. The van der Waals surface area contributed by atoms with Gasteiger partial charge in [0.15, 0.2) is 0 Å². The summed E-state index contributed by atoms with van der Waals surface area (Å²) in [6.45, 7) is 0.262. The number of ether oxygens (including phenoxy) is 2. The maximum Gasteiger partial charge on any atom is 0.418 e. The second-order valence-corrected chi connectivity index (χ2v) is 8.82. The summed E-state index contributed by atoms with van der Waals surface area (Å²) in [5.74, 6) is -1.23. The van der Waals surface area contributed by atoms with Gasteiger partial charge in [-0.05, 0) is 36.4 Å². The van der Waals surface area contributed by atoms with Crippen molar-refractivity contribution in [1.82, 2.24) is 4.90 Å². The Hall–Kier alpha value is -4.23. The largest absolute Gasteiger partial charge is 0.497 e. The molecule has 0 unspecified atom stereocenters. The molecule has 2 aromatic rings. The van der Waals surface area contributed by atoms with E-state index in [0.717, 1.165) is 6.08 Å². The fourth-order valence-corrected chi connectivity index (χ4v) is 4.45. The average Bonchev–Trinajstić information content (AvgIpc) is 2.86. The molecule has 0 atom stereocenters. The van der Waals surface area contributed by atoms with Crippen LogP contribution in [0.25, 0.3) is 0 Å². The lowest BCUT2D eigenvalue weighted by atomic mass is 9.82. The molecule has 4 rings (SSSR count). The maximum absolute atomic E-state index is 13.3. The van der Waals surface area contributed by atoms with Crippen LogP contribution in [-0.2, 0) is 32.3 Å². The van der Waals surface area contributed by atoms with E-state index in [4.69, 9.17) is 9.47 Å². The first-order chi connectivity index (χ1) is 18.2. The fraction of sp³-hybridized carbons (Fsp3) is 0.320. The quantitative estimate of drug-likeness (QED) is 0.393. The molecule has 2 aromatic carbocycles. The van der Waals surface area contributed by atoms with E-state index in [0.29, 0.717) is 35.2 Å². The molecular weight excluding hydrogens is 536 g/mol. The van der Waals surface area contributed by atoms with E-state index in [1.54, 1.807) is 18.2 Å². The molecule has 2 heterocycles. The van der Waals surface area contributed by atoms with Gasteiger partial charge in [-0.15, -0.1) is 0 Å². The predicted octanol–water partition coefficient (Wildman–Crippen LogP) is 5.31. The van der Waals surface area contributed by atoms with Crippen LogP contribution in [-0.4, -0.2) is 43.0 Å². The number of amides is 3. The molecule has 2 aliphatic rings. The van der Waals surface area contributed by atoms with Crippen LogP contribution in [0.1, 0.15) is 29.5 Å². The predicted molar refractivity (Wildman–Crippen MR) is 125 cm³/mol. The molecule has 0 saturated carbocycles. The van der Waals surface area contributed by atoms with Gasteiger partial charge < -0.3 is 19.7 Å². The number of hydrogen-bond donors (Lipinski definition) is 2. The van der Waals surface area contributed by atoms with Crippen LogP contribution in [0.3, 0.4) is 0 Å². The summed E-state index contributed by atoms with van der Waals surface area (Å²) in [4.78, 5) is 38.3. The van der Waals surface area contributed by atoms with Crippen molar-refractivity contribution < 1.29 is 50.2 Å². The molecule has 14 heteroatoms. The number of nitrogens with zero attached hydrogens (tertiary/aromatic N) is 1. The lowest BCUT2D eigenvalue weighted by Crippen LogP contribution is -2.49. The number of carbonyl (C=O) groups excluding carboxylic acids is 3. The summed E-state index contributed by atoms with van der Waals surface area (Å²) >= 11 is 0. The third-order valence-electron chi connectivity index (χ3n) is 6.41. The number of hydrogen-bond acceptors (Lipinski definition) is 5.